The van der Waals surface area contributed by atoms with E-state index in [2.05, 4.69) is 6.58 Å². The molecule has 1 N–H and O–H groups in total. The first kappa shape index (κ1) is 20.8. The second-order valence-corrected chi connectivity index (χ2v) is 8.86. The summed E-state index contributed by atoms with van der Waals surface area (Å²) in [6, 6.07) is 1.47. The SMILES string of the molecule is C=C1c2nc3cc(F)c(C)c4c3c(c2CN1C(=O)C1=C(C)[C@@](O)(CC)C(=O)OC1)CCC4. The van der Waals surface area contributed by atoms with Gasteiger partial charge in [0.25, 0.3) is 5.91 Å². The lowest BCUT2D eigenvalue weighted by Gasteiger charge is -2.33. The largest absolute Gasteiger partial charge is 0.458 e. The van der Waals surface area contributed by atoms with Crippen molar-refractivity contribution in [3.63, 3.8) is 0 Å². The monoisotopic (exact) mass is 436 g/mol. The van der Waals surface area contributed by atoms with Gasteiger partial charge in [-0.3, -0.25) is 4.79 Å². The number of cyclic esters (lactones) is 1. The van der Waals surface area contributed by atoms with Crippen LogP contribution in [0.4, 0.5) is 4.39 Å². The number of carbonyl (C=O) groups excluding carboxylic acids is 2. The van der Waals surface area contributed by atoms with Crippen molar-refractivity contribution < 1.29 is 23.8 Å². The molecule has 1 aromatic carbocycles. The number of aryl methyl sites for hydroxylation is 2. The highest BCUT2D eigenvalue weighted by atomic mass is 19.1. The summed E-state index contributed by atoms with van der Waals surface area (Å²) in [7, 11) is 0. The number of hydrogen-bond donors (Lipinski definition) is 1. The third-order valence-corrected chi connectivity index (χ3v) is 7.36. The zero-order valence-corrected chi connectivity index (χ0v) is 18.5. The number of benzene rings is 1. The van der Waals surface area contributed by atoms with Crippen LogP contribution in [0, 0.1) is 12.7 Å². The van der Waals surface area contributed by atoms with Gasteiger partial charge in [-0.15, -0.1) is 0 Å². The van der Waals surface area contributed by atoms with Gasteiger partial charge in [0.1, 0.15) is 12.4 Å². The quantitative estimate of drug-likeness (QED) is 0.729. The van der Waals surface area contributed by atoms with Crippen molar-refractivity contribution in [3.05, 3.63) is 57.6 Å². The Morgan fingerprint density at radius 2 is 2.03 bits per heavy atom. The van der Waals surface area contributed by atoms with Crippen LogP contribution in [0.2, 0.25) is 0 Å². The first-order valence-corrected chi connectivity index (χ1v) is 10.9. The highest BCUT2D eigenvalue weighted by molar-refractivity contribution is 6.04. The van der Waals surface area contributed by atoms with Gasteiger partial charge in [0.15, 0.2) is 5.60 Å². The highest BCUT2D eigenvalue weighted by Gasteiger charge is 2.45. The summed E-state index contributed by atoms with van der Waals surface area (Å²) in [4.78, 5) is 31.8. The summed E-state index contributed by atoms with van der Waals surface area (Å²) in [6.07, 6.45) is 2.67. The van der Waals surface area contributed by atoms with E-state index in [9.17, 15) is 19.1 Å². The highest BCUT2D eigenvalue weighted by Crippen LogP contribution is 2.42. The van der Waals surface area contributed by atoms with Crippen LogP contribution < -0.4 is 0 Å². The molecule has 2 aliphatic heterocycles. The molecule has 3 aliphatic rings. The van der Waals surface area contributed by atoms with Crippen LogP contribution in [0.5, 0.6) is 0 Å². The number of pyridine rings is 1. The molecule has 6 nitrogen and oxygen atoms in total. The molecule has 1 aliphatic carbocycles. The van der Waals surface area contributed by atoms with E-state index < -0.39 is 11.6 Å². The molecule has 166 valence electrons. The fraction of sp³-hybridized carbons (Fsp3) is 0.400. The lowest BCUT2D eigenvalue weighted by atomic mass is 9.85. The number of ether oxygens (including phenoxy) is 1. The maximum Gasteiger partial charge on any atom is 0.342 e. The average Bonchev–Trinajstić information content (AvgIpc) is 3.12. The van der Waals surface area contributed by atoms with Crippen LogP contribution in [0.15, 0.2) is 23.8 Å². The van der Waals surface area contributed by atoms with Crippen LogP contribution >= 0.6 is 0 Å². The number of carbonyl (C=O) groups is 2. The Morgan fingerprint density at radius 1 is 1.31 bits per heavy atom. The minimum absolute atomic E-state index is 0.112. The topological polar surface area (TPSA) is 79.7 Å². The molecule has 1 amide bonds. The Bertz CT molecular complexity index is 1280. The van der Waals surface area contributed by atoms with Crippen LogP contribution in [-0.4, -0.2) is 39.1 Å². The molecule has 0 radical (unpaired) electrons. The fourth-order valence-corrected chi connectivity index (χ4v) is 5.27. The first-order chi connectivity index (χ1) is 15.2. The van der Waals surface area contributed by atoms with E-state index in [1.54, 1.807) is 20.8 Å². The number of rotatable bonds is 2. The zero-order valence-electron chi connectivity index (χ0n) is 18.5. The van der Waals surface area contributed by atoms with Crippen molar-refractivity contribution in [2.45, 2.75) is 58.6 Å². The van der Waals surface area contributed by atoms with Gasteiger partial charge >= 0.3 is 5.97 Å². The molecule has 2 aromatic rings. The number of aliphatic hydroxyl groups is 1. The lowest BCUT2D eigenvalue weighted by Crippen LogP contribution is -2.47. The number of fused-ring (bicyclic) bond motifs is 2. The molecule has 1 aromatic heterocycles. The van der Waals surface area contributed by atoms with Gasteiger partial charge in [-0.1, -0.05) is 13.5 Å². The molecule has 0 unspecified atom stereocenters. The fourth-order valence-electron chi connectivity index (χ4n) is 5.27. The molecule has 0 saturated heterocycles. The van der Waals surface area contributed by atoms with E-state index in [-0.39, 0.29) is 30.3 Å². The van der Waals surface area contributed by atoms with E-state index in [4.69, 9.17) is 9.72 Å². The van der Waals surface area contributed by atoms with E-state index in [1.165, 1.54) is 11.0 Å². The summed E-state index contributed by atoms with van der Waals surface area (Å²) >= 11 is 0. The van der Waals surface area contributed by atoms with Gasteiger partial charge in [0.2, 0.25) is 0 Å². The van der Waals surface area contributed by atoms with Gasteiger partial charge in [0, 0.05) is 17.0 Å². The minimum Gasteiger partial charge on any atom is -0.458 e. The predicted octanol–water partition coefficient (Wildman–Crippen LogP) is 3.50. The molecule has 0 spiro atoms. The maximum atomic E-state index is 14.5. The van der Waals surface area contributed by atoms with Gasteiger partial charge in [-0.25, -0.2) is 14.2 Å². The molecule has 0 bridgehead atoms. The summed E-state index contributed by atoms with van der Waals surface area (Å²) in [6.45, 7) is 9.28. The van der Waals surface area contributed by atoms with Gasteiger partial charge in [-0.05, 0) is 61.8 Å². The van der Waals surface area contributed by atoms with Crippen LogP contribution in [0.1, 0.15) is 54.6 Å². The lowest BCUT2D eigenvalue weighted by molar-refractivity contribution is -0.163. The van der Waals surface area contributed by atoms with Gasteiger partial charge in [0.05, 0.1) is 29.0 Å². The van der Waals surface area contributed by atoms with Crippen LogP contribution in [0.3, 0.4) is 0 Å². The van der Waals surface area contributed by atoms with Crippen molar-refractivity contribution in [2.24, 2.45) is 0 Å². The molecule has 0 fully saturated rings. The number of hydrogen-bond acceptors (Lipinski definition) is 5. The number of esters is 1. The van der Waals surface area contributed by atoms with Crippen LogP contribution in [-0.2, 0) is 33.7 Å². The molecule has 7 heteroatoms. The Balaban J connectivity index is 1.61. The van der Waals surface area contributed by atoms with Crippen molar-refractivity contribution in [1.82, 2.24) is 9.88 Å². The van der Waals surface area contributed by atoms with Crippen molar-refractivity contribution in [3.8, 4) is 0 Å². The predicted molar refractivity (Wildman–Crippen MR) is 117 cm³/mol. The van der Waals surface area contributed by atoms with Gasteiger partial charge in [-0.2, -0.15) is 0 Å². The third-order valence-electron chi connectivity index (χ3n) is 7.36. The molecule has 1 atom stereocenters. The molecular weight excluding hydrogens is 411 g/mol. The molecule has 3 heterocycles. The summed E-state index contributed by atoms with van der Waals surface area (Å²) in [5, 5.41) is 11.7. The van der Waals surface area contributed by atoms with Crippen molar-refractivity contribution >= 4 is 28.5 Å². The van der Waals surface area contributed by atoms with E-state index in [0.717, 1.165) is 41.3 Å². The van der Waals surface area contributed by atoms with E-state index in [1.807, 2.05) is 0 Å². The normalized spacial score (nSPS) is 22.5. The smallest absolute Gasteiger partial charge is 0.342 e. The van der Waals surface area contributed by atoms with Crippen molar-refractivity contribution in [1.29, 1.82) is 0 Å². The van der Waals surface area contributed by atoms with E-state index >= 15 is 0 Å². The standard InChI is InChI=1S/C25H25FN2O4/c1-5-25(31)13(3)18(11-32-24(25)30)23(29)28-10-17-16-8-6-7-15-12(2)19(26)9-20(21(15)16)27-22(17)14(28)4/h9,31H,4-8,10-11H2,1-3H3/t25-/m0/s1. The minimum atomic E-state index is -1.81. The molecule has 32 heavy (non-hydrogen) atoms. The Labute approximate surface area is 185 Å². The Kier molecular flexibility index (Phi) is 4.53. The molecule has 5 rings (SSSR count). The number of nitrogens with zero attached hydrogens (tertiary/aromatic N) is 2. The zero-order chi connectivity index (χ0) is 22.9. The molecular formula is C25H25FN2O4. The third kappa shape index (κ3) is 2.64. The van der Waals surface area contributed by atoms with Gasteiger partial charge < -0.3 is 14.7 Å². The second kappa shape index (κ2) is 6.97. The summed E-state index contributed by atoms with van der Waals surface area (Å²) in [5.41, 5.74) is 4.10. The summed E-state index contributed by atoms with van der Waals surface area (Å²) in [5.74, 6) is -1.37. The van der Waals surface area contributed by atoms with Crippen molar-refractivity contribution in [2.75, 3.05) is 6.61 Å². The Morgan fingerprint density at radius 3 is 2.75 bits per heavy atom. The Hall–Kier alpha value is -3.06. The van der Waals surface area contributed by atoms with E-state index in [0.29, 0.717) is 34.6 Å². The summed E-state index contributed by atoms with van der Waals surface area (Å²) < 4.78 is 19.7. The number of amides is 1. The second-order valence-electron chi connectivity index (χ2n) is 8.86. The van der Waals surface area contributed by atoms with Crippen LogP contribution in [0.25, 0.3) is 16.6 Å². The molecule has 0 saturated carbocycles. The first-order valence-electron chi connectivity index (χ1n) is 10.9. The maximum absolute atomic E-state index is 14.5. The number of halogens is 1. The number of aromatic nitrogens is 1. The average molecular weight is 436 g/mol.